The summed E-state index contributed by atoms with van der Waals surface area (Å²) in [5.74, 6) is -0.892. The van der Waals surface area contributed by atoms with Crippen LogP contribution in [0.2, 0.25) is 0 Å². The molecule has 5 nitrogen and oxygen atoms in total. The first-order valence-corrected chi connectivity index (χ1v) is 12.0. The van der Waals surface area contributed by atoms with E-state index in [4.69, 9.17) is 0 Å². The Labute approximate surface area is 200 Å². The van der Waals surface area contributed by atoms with Gasteiger partial charge in [0.05, 0.1) is 33.4 Å². The maximum atomic E-state index is 14.3. The molecule has 3 rings (SSSR count). The molecule has 1 amide bonds. The largest absolute Gasteiger partial charge is 0.322 e. The molecule has 0 unspecified atom stereocenters. The maximum Gasteiger partial charge on any atom is 0.273 e. The van der Waals surface area contributed by atoms with E-state index < -0.39 is 27.4 Å². The van der Waals surface area contributed by atoms with Gasteiger partial charge in [0.2, 0.25) is 0 Å². The van der Waals surface area contributed by atoms with Crippen LogP contribution in [0.1, 0.15) is 35.3 Å². The average Bonchev–Trinajstić information content (AvgIpc) is 2.73. The van der Waals surface area contributed by atoms with Crippen molar-refractivity contribution in [1.82, 2.24) is 0 Å². The third-order valence-corrected chi connectivity index (χ3v) is 8.52. The molecule has 168 valence electrons. The Hall–Kier alpha value is -2.53. The summed E-state index contributed by atoms with van der Waals surface area (Å²) in [6.07, 6.45) is 0. The van der Waals surface area contributed by atoms with Crippen LogP contribution in [-0.2, 0) is 15.7 Å². The second kappa shape index (κ2) is 9.14. The Balaban J connectivity index is 1.86. The SMILES string of the molecule is Cc1cc(NC(=O)c2ccc(F)cc2)ccc1S(=O)(=O)N(I)c1cccc(C(C)(C)F)c1. The number of hydrogen-bond acceptors (Lipinski definition) is 3. The molecule has 0 fully saturated rings. The summed E-state index contributed by atoms with van der Waals surface area (Å²) in [7, 11) is -3.94. The molecule has 0 aliphatic carbocycles. The topological polar surface area (TPSA) is 66.5 Å². The highest BCUT2D eigenvalue weighted by molar-refractivity contribution is 14.1. The molecular weight excluding hydrogens is 549 g/mol. The Morgan fingerprint density at radius 2 is 1.69 bits per heavy atom. The zero-order valence-corrected chi connectivity index (χ0v) is 20.5. The number of alkyl halides is 1. The van der Waals surface area contributed by atoms with E-state index in [2.05, 4.69) is 5.32 Å². The van der Waals surface area contributed by atoms with E-state index in [1.54, 1.807) is 54.1 Å². The summed E-state index contributed by atoms with van der Waals surface area (Å²) in [6, 6.07) is 15.8. The molecule has 0 aromatic heterocycles. The molecule has 0 heterocycles. The van der Waals surface area contributed by atoms with Gasteiger partial charge in [-0.1, -0.05) is 12.1 Å². The molecule has 3 aromatic carbocycles. The Bertz CT molecular complexity index is 1260. The van der Waals surface area contributed by atoms with Gasteiger partial charge in [-0.15, -0.1) is 0 Å². The highest BCUT2D eigenvalue weighted by Crippen LogP contribution is 2.33. The number of carbonyl (C=O) groups is 1. The predicted octanol–water partition coefficient (Wildman–Crippen LogP) is 6.14. The van der Waals surface area contributed by atoms with Crippen molar-refractivity contribution in [3.8, 4) is 0 Å². The lowest BCUT2D eigenvalue weighted by Gasteiger charge is -2.21. The minimum Gasteiger partial charge on any atom is -0.322 e. The first-order valence-electron chi connectivity index (χ1n) is 9.58. The number of benzene rings is 3. The van der Waals surface area contributed by atoms with Crippen molar-refractivity contribution in [2.24, 2.45) is 0 Å². The van der Waals surface area contributed by atoms with Crippen molar-refractivity contribution in [1.29, 1.82) is 0 Å². The van der Waals surface area contributed by atoms with Crippen molar-refractivity contribution in [3.05, 3.63) is 89.2 Å². The van der Waals surface area contributed by atoms with Crippen LogP contribution in [0.15, 0.2) is 71.6 Å². The normalized spacial score (nSPS) is 11.8. The minimum atomic E-state index is -3.94. The number of rotatable bonds is 6. The fraction of sp³-hybridized carbons (Fsp3) is 0.174. The van der Waals surface area contributed by atoms with E-state index in [9.17, 15) is 22.0 Å². The molecule has 32 heavy (non-hydrogen) atoms. The van der Waals surface area contributed by atoms with Gasteiger partial charge in [0, 0.05) is 11.3 Å². The van der Waals surface area contributed by atoms with Crippen molar-refractivity contribution >= 4 is 50.2 Å². The van der Waals surface area contributed by atoms with Gasteiger partial charge in [0.15, 0.2) is 0 Å². The van der Waals surface area contributed by atoms with Gasteiger partial charge < -0.3 is 5.32 Å². The summed E-state index contributed by atoms with van der Waals surface area (Å²) < 4.78 is 54.8. The molecule has 0 saturated heterocycles. The lowest BCUT2D eigenvalue weighted by atomic mass is 10.00. The standard InChI is InChI=1S/C23H21F2IN2O3S/c1-15-13-19(27-22(29)16-7-9-18(24)10-8-16)11-12-21(15)32(30,31)28(26)20-6-4-5-17(14-20)23(2,3)25/h4-14H,1-3H3,(H,27,29). The highest BCUT2D eigenvalue weighted by Gasteiger charge is 2.27. The second-order valence-corrected chi connectivity index (χ2v) is 11.1. The van der Waals surface area contributed by atoms with Crippen LogP contribution in [0.25, 0.3) is 0 Å². The summed E-state index contributed by atoms with van der Waals surface area (Å²) >= 11 is 1.68. The molecule has 0 spiro atoms. The fourth-order valence-electron chi connectivity index (χ4n) is 3.03. The van der Waals surface area contributed by atoms with Crippen LogP contribution >= 0.6 is 22.9 Å². The molecule has 0 radical (unpaired) electrons. The van der Waals surface area contributed by atoms with Crippen LogP contribution in [0.4, 0.5) is 20.2 Å². The number of carbonyl (C=O) groups excluding carboxylic acids is 1. The van der Waals surface area contributed by atoms with Crippen molar-refractivity contribution in [3.63, 3.8) is 0 Å². The quantitative estimate of drug-likeness (QED) is 0.286. The van der Waals surface area contributed by atoms with E-state index in [0.717, 1.165) is 2.52 Å². The molecule has 0 atom stereocenters. The van der Waals surface area contributed by atoms with Crippen LogP contribution in [0.3, 0.4) is 0 Å². The molecule has 3 aromatic rings. The molecular formula is C23H21F2IN2O3S. The Morgan fingerprint density at radius 1 is 1.03 bits per heavy atom. The van der Waals surface area contributed by atoms with E-state index in [1.807, 2.05) is 0 Å². The second-order valence-electron chi connectivity index (χ2n) is 7.68. The summed E-state index contributed by atoms with van der Waals surface area (Å²) in [5, 5.41) is 2.67. The van der Waals surface area contributed by atoms with E-state index >= 15 is 0 Å². The number of amides is 1. The fourth-order valence-corrected chi connectivity index (χ4v) is 5.24. The van der Waals surface area contributed by atoms with E-state index in [1.165, 1.54) is 56.3 Å². The highest BCUT2D eigenvalue weighted by atomic mass is 127. The smallest absolute Gasteiger partial charge is 0.273 e. The summed E-state index contributed by atoms with van der Waals surface area (Å²) in [4.78, 5) is 12.4. The molecule has 0 saturated carbocycles. The van der Waals surface area contributed by atoms with Crippen molar-refractivity contribution in [2.75, 3.05) is 7.84 Å². The minimum absolute atomic E-state index is 0.0524. The summed E-state index contributed by atoms with van der Waals surface area (Å²) in [6.45, 7) is 4.43. The molecule has 0 aliphatic heterocycles. The molecule has 0 aliphatic rings. The summed E-state index contributed by atoms with van der Waals surface area (Å²) in [5.41, 5.74) is 0.166. The third-order valence-electron chi connectivity index (χ3n) is 4.76. The van der Waals surface area contributed by atoms with Gasteiger partial charge in [-0.3, -0.25) is 4.79 Å². The van der Waals surface area contributed by atoms with E-state index in [-0.39, 0.29) is 10.5 Å². The van der Waals surface area contributed by atoms with Crippen LogP contribution in [-0.4, -0.2) is 14.3 Å². The lowest BCUT2D eigenvalue weighted by molar-refractivity contribution is 0.102. The average molecular weight is 570 g/mol. The number of nitrogens with zero attached hydrogens (tertiary/aromatic N) is 1. The lowest BCUT2D eigenvalue weighted by Crippen LogP contribution is -2.22. The van der Waals surface area contributed by atoms with Crippen LogP contribution < -0.4 is 7.84 Å². The first kappa shape index (κ1) is 24.1. The number of halogens is 3. The predicted molar refractivity (Wildman–Crippen MR) is 130 cm³/mol. The number of anilines is 2. The number of sulfonamides is 1. The van der Waals surface area contributed by atoms with Crippen LogP contribution in [0.5, 0.6) is 0 Å². The first-order chi connectivity index (χ1) is 14.9. The Morgan fingerprint density at radius 3 is 2.28 bits per heavy atom. The van der Waals surface area contributed by atoms with Gasteiger partial charge in [0.1, 0.15) is 11.5 Å². The number of aryl methyl sites for hydroxylation is 1. The third kappa shape index (κ3) is 5.26. The van der Waals surface area contributed by atoms with Crippen molar-refractivity contribution < 1.29 is 22.0 Å². The van der Waals surface area contributed by atoms with Gasteiger partial charge in [-0.25, -0.2) is 19.7 Å². The van der Waals surface area contributed by atoms with Crippen molar-refractivity contribution in [2.45, 2.75) is 31.3 Å². The Kier molecular flexibility index (Phi) is 6.89. The monoisotopic (exact) mass is 570 g/mol. The molecule has 0 bridgehead atoms. The molecule has 9 heteroatoms. The van der Waals surface area contributed by atoms with Gasteiger partial charge in [-0.2, -0.15) is 0 Å². The molecule has 1 N–H and O–H groups in total. The van der Waals surface area contributed by atoms with Crippen LogP contribution in [0, 0.1) is 12.7 Å². The van der Waals surface area contributed by atoms with Gasteiger partial charge in [-0.05, 0) is 86.5 Å². The van der Waals surface area contributed by atoms with Gasteiger partial charge in [0.25, 0.3) is 15.9 Å². The maximum absolute atomic E-state index is 14.3. The van der Waals surface area contributed by atoms with Gasteiger partial charge >= 0.3 is 0 Å². The number of nitrogens with one attached hydrogen (secondary N) is 1. The van der Waals surface area contributed by atoms with E-state index in [0.29, 0.717) is 22.5 Å². The zero-order valence-electron chi connectivity index (χ0n) is 17.6. The number of hydrogen-bond donors (Lipinski definition) is 1. The zero-order chi connectivity index (χ0) is 23.7.